The van der Waals surface area contributed by atoms with Gasteiger partial charge in [-0.2, -0.15) is 4.98 Å². The van der Waals surface area contributed by atoms with E-state index >= 15 is 0 Å². The largest absolute Gasteiger partial charge is 0.360 e. The van der Waals surface area contributed by atoms with Crippen LogP contribution in [0.5, 0.6) is 0 Å². The van der Waals surface area contributed by atoms with Crippen molar-refractivity contribution in [3.63, 3.8) is 0 Å². The van der Waals surface area contributed by atoms with Crippen LogP contribution in [0.2, 0.25) is 0 Å². The van der Waals surface area contributed by atoms with E-state index < -0.39 is 0 Å². The van der Waals surface area contributed by atoms with Gasteiger partial charge in [-0.25, -0.2) is 0 Å². The lowest BCUT2D eigenvalue weighted by molar-refractivity contribution is 0.0558. The molecule has 2 fully saturated rings. The van der Waals surface area contributed by atoms with Crippen molar-refractivity contribution >= 4 is 5.91 Å². The Balaban J connectivity index is 1.24. The van der Waals surface area contributed by atoms with Gasteiger partial charge in [0.2, 0.25) is 11.7 Å². The molecule has 0 spiro atoms. The third-order valence-corrected chi connectivity index (χ3v) is 4.61. The van der Waals surface area contributed by atoms with Gasteiger partial charge in [-0.15, -0.1) is 0 Å². The molecule has 4 heterocycles. The third-order valence-electron chi connectivity index (χ3n) is 4.61. The second-order valence-corrected chi connectivity index (χ2v) is 6.49. The van der Waals surface area contributed by atoms with E-state index in [1.165, 1.54) is 0 Å². The summed E-state index contributed by atoms with van der Waals surface area (Å²) in [6.07, 6.45) is 5.61. The number of amides is 1. The molecule has 25 heavy (non-hydrogen) atoms. The number of pyridine rings is 1. The molecule has 1 aliphatic heterocycles. The van der Waals surface area contributed by atoms with Gasteiger partial charge in [-0.3, -0.25) is 9.78 Å². The monoisotopic (exact) mass is 337 g/mol. The Morgan fingerprint density at radius 3 is 2.80 bits per heavy atom. The summed E-state index contributed by atoms with van der Waals surface area (Å²) >= 11 is 0. The molecule has 2 aliphatic rings. The van der Waals surface area contributed by atoms with Crippen LogP contribution < -0.4 is 0 Å². The molecule has 8 nitrogen and oxygen atoms in total. The Labute approximate surface area is 142 Å². The number of hydrogen-bond donors (Lipinski definition) is 0. The van der Waals surface area contributed by atoms with E-state index in [9.17, 15) is 4.79 Å². The first-order chi connectivity index (χ1) is 12.3. The second-order valence-electron chi connectivity index (χ2n) is 6.49. The van der Waals surface area contributed by atoms with Crippen molar-refractivity contribution in [2.24, 2.45) is 0 Å². The quantitative estimate of drug-likeness (QED) is 0.720. The average Bonchev–Trinajstić information content (AvgIpc) is 3.14. The first-order valence-corrected chi connectivity index (χ1v) is 8.28. The van der Waals surface area contributed by atoms with E-state index in [1.807, 2.05) is 12.1 Å². The molecule has 0 radical (unpaired) electrons. The number of hydrogen-bond acceptors (Lipinski definition) is 7. The fourth-order valence-corrected chi connectivity index (χ4v) is 2.93. The molecule has 1 amide bonds. The zero-order valence-corrected chi connectivity index (χ0v) is 13.3. The summed E-state index contributed by atoms with van der Waals surface area (Å²) in [5, 5.41) is 7.89. The van der Waals surface area contributed by atoms with Gasteiger partial charge in [0.1, 0.15) is 5.76 Å². The maximum atomic E-state index is 12.4. The minimum absolute atomic E-state index is 0.0525. The highest BCUT2D eigenvalue weighted by Crippen LogP contribution is 2.40. The summed E-state index contributed by atoms with van der Waals surface area (Å²) in [5.41, 5.74) is 1.18. The van der Waals surface area contributed by atoms with Gasteiger partial charge in [0, 0.05) is 43.0 Å². The van der Waals surface area contributed by atoms with Crippen LogP contribution in [-0.2, 0) is 0 Å². The van der Waals surface area contributed by atoms with Crippen LogP contribution in [0.25, 0.3) is 11.4 Å². The van der Waals surface area contributed by atoms with E-state index in [1.54, 1.807) is 23.4 Å². The van der Waals surface area contributed by atoms with E-state index in [0.29, 0.717) is 36.4 Å². The lowest BCUT2D eigenvalue weighted by Crippen LogP contribution is -2.48. The molecular weight excluding hydrogens is 322 g/mol. The molecule has 5 rings (SSSR count). The van der Waals surface area contributed by atoms with Crippen molar-refractivity contribution in [1.82, 2.24) is 25.2 Å². The Hall–Kier alpha value is -3.03. The standard InChI is InChI=1S/C17H15N5O3/c23-17(13-6-14(24-20-13)10-3-4-10)22-8-12(9-22)16-19-15(21-25-16)11-2-1-5-18-7-11/h1-2,5-7,10,12H,3-4,8-9H2. The highest BCUT2D eigenvalue weighted by atomic mass is 16.5. The van der Waals surface area contributed by atoms with Crippen molar-refractivity contribution in [1.29, 1.82) is 0 Å². The zero-order valence-electron chi connectivity index (χ0n) is 13.3. The lowest BCUT2D eigenvalue weighted by Gasteiger charge is -2.36. The molecule has 3 aromatic rings. The summed E-state index contributed by atoms with van der Waals surface area (Å²) in [6.45, 7) is 1.08. The van der Waals surface area contributed by atoms with Gasteiger partial charge in [0.25, 0.3) is 5.91 Å². The predicted molar refractivity (Wildman–Crippen MR) is 84.7 cm³/mol. The average molecular weight is 337 g/mol. The number of likely N-dealkylation sites (tertiary alicyclic amines) is 1. The highest BCUT2D eigenvalue weighted by Gasteiger charge is 2.38. The van der Waals surface area contributed by atoms with Crippen molar-refractivity contribution < 1.29 is 13.8 Å². The fraction of sp³-hybridized carbons (Fsp3) is 0.353. The van der Waals surface area contributed by atoms with Crippen LogP contribution in [0.15, 0.2) is 39.6 Å². The topological polar surface area (TPSA) is 98.2 Å². The van der Waals surface area contributed by atoms with Crippen molar-refractivity contribution in [3.8, 4) is 11.4 Å². The smallest absolute Gasteiger partial charge is 0.276 e. The summed E-state index contributed by atoms with van der Waals surface area (Å²) < 4.78 is 10.6. The molecule has 0 atom stereocenters. The van der Waals surface area contributed by atoms with E-state index in [4.69, 9.17) is 9.05 Å². The summed E-state index contributed by atoms with van der Waals surface area (Å²) in [4.78, 5) is 22.6. The number of aromatic nitrogens is 4. The van der Waals surface area contributed by atoms with Gasteiger partial charge < -0.3 is 13.9 Å². The van der Waals surface area contributed by atoms with E-state index in [2.05, 4.69) is 20.3 Å². The van der Waals surface area contributed by atoms with Crippen molar-refractivity contribution in [2.45, 2.75) is 24.7 Å². The van der Waals surface area contributed by atoms with Crippen molar-refractivity contribution in [2.75, 3.05) is 13.1 Å². The van der Waals surface area contributed by atoms with Gasteiger partial charge in [-0.1, -0.05) is 10.3 Å². The molecular formula is C17H15N5O3. The Bertz CT molecular complexity index is 909. The van der Waals surface area contributed by atoms with Crippen LogP contribution in [0.3, 0.4) is 0 Å². The van der Waals surface area contributed by atoms with Gasteiger partial charge in [-0.05, 0) is 25.0 Å². The Morgan fingerprint density at radius 1 is 1.16 bits per heavy atom. The van der Waals surface area contributed by atoms with Crippen LogP contribution in [0, 0.1) is 0 Å². The molecule has 0 aromatic carbocycles. The third kappa shape index (κ3) is 2.59. The number of nitrogens with zero attached hydrogens (tertiary/aromatic N) is 5. The molecule has 0 N–H and O–H groups in total. The Kier molecular flexibility index (Phi) is 3.16. The molecule has 1 saturated carbocycles. The van der Waals surface area contributed by atoms with Crippen LogP contribution in [0.4, 0.5) is 0 Å². The van der Waals surface area contributed by atoms with Gasteiger partial charge >= 0.3 is 0 Å². The molecule has 0 bridgehead atoms. The normalized spacial score (nSPS) is 17.5. The summed E-state index contributed by atoms with van der Waals surface area (Å²) in [7, 11) is 0. The zero-order chi connectivity index (χ0) is 16.8. The lowest BCUT2D eigenvalue weighted by atomic mass is 9.99. The molecule has 0 unspecified atom stereocenters. The minimum Gasteiger partial charge on any atom is -0.360 e. The number of carbonyl (C=O) groups excluding carboxylic acids is 1. The maximum Gasteiger partial charge on any atom is 0.276 e. The van der Waals surface area contributed by atoms with Crippen molar-refractivity contribution in [3.05, 3.63) is 47.9 Å². The van der Waals surface area contributed by atoms with E-state index in [-0.39, 0.29) is 11.8 Å². The second kappa shape index (κ2) is 5.51. The van der Waals surface area contributed by atoms with Gasteiger partial charge in [0.15, 0.2) is 5.69 Å². The van der Waals surface area contributed by atoms with E-state index in [0.717, 1.165) is 24.2 Å². The van der Waals surface area contributed by atoms with Crippen LogP contribution in [0.1, 0.15) is 46.8 Å². The maximum absolute atomic E-state index is 12.4. The molecule has 1 saturated heterocycles. The first kappa shape index (κ1) is 14.3. The van der Waals surface area contributed by atoms with Crippen LogP contribution >= 0.6 is 0 Å². The number of rotatable bonds is 4. The Morgan fingerprint density at radius 2 is 2.04 bits per heavy atom. The predicted octanol–water partition coefficient (Wildman–Crippen LogP) is 2.24. The van der Waals surface area contributed by atoms with Crippen LogP contribution in [-0.4, -0.2) is 44.2 Å². The minimum atomic E-state index is -0.112. The fourth-order valence-electron chi connectivity index (χ4n) is 2.93. The highest BCUT2D eigenvalue weighted by molar-refractivity contribution is 5.93. The molecule has 1 aliphatic carbocycles. The summed E-state index contributed by atoms with van der Waals surface area (Å²) in [5.74, 6) is 2.26. The first-order valence-electron chi connectivity index (χ1n) is 8.28. The van der Waals surface area contributed by atoms with Gasteiger partial charge in [0.05, 0.1) is 5.92 Å². The molecule has 8 heteroatoms. The summed E-state index contributed by atoms with van der Waals surface area (Å²) in [6, 6.07) is 5.46. The SMILES string of the molecule is O=C(c1cc(C2CC2)on1)N1CC(c2nc(-c3cccnc3)no2)C1. The molecule has 3 aromatic heterocycles. The number of carbonyl (C=O) groups is 1. The molecule has 126 valence electrons.